The number of methoxy groups -OCH3 is 1. The maximum Gasteiger partial charge on any atom is 0.257 e. The quantitative estimate of drug-likeness (QED) is 0.551. The van der Waals surface area contributed by atoms with Gasteiger partial charge in [0.15, 0.2) is 0 Å². The van der Waals surface area contributed by atoms with Crippen molar-refractivity contribution in [1.29, 1.82) is 0 Å². The highest BCUT2D eigenvalue weighted by molar-refractivity contribution is 6.09. The smallest absolute Gasteiger partial charge is 0.257 e. The van der Waals surface area contributed by atoms with E-state index >= 15 is 0 Å². The van der Waals surface area contributed by atoms with Crippen LogP contribution in [-0.2, 0) is 11.3 Å². The van der Waals surface area contributed by atoms with Crippen LogP contribution in [0.1, 0.15) is 34.3 Å². The van der Waals surface area contributed by atoms with Gasteiger partial charge in [0.05, 0.1) is 17.7 Å². The van der Waals surface area contributed by atoms with Crippen LogP contribution in [0.2, 0.25) is 0 Å². The minimum atomic E-state index is -0.103. The van der Waals surface area contributed by atoms with E-state index in [2.05, 4.69) is 38.3 Å². The van der Waals surface area contributed by atoms with Gasteiger partial charge in [-0.3, -0.25) is 9.69 Å². The number of rotatable bonds is 7. The van der Waals surface area contributed by atoms with E-state index in [9.17, 15) is 9.90 Å². The molecule has 5 rings (SSSR count). The van der Waals surface area contributed by atoms with Gasteiger partial charge in [-0.2, -0.15) is 0 Å². The number of amides is 1. The Morgan fingerprint density at radius 2 is 1.94 bits per heavy atom. The first-order valence-electron chi connectivity index (χ1n) is 12.0. The minimum absolute atomic E-state index is 0.00426. The fraction of sp³-hybridized carbons (Fsp3) is 0.407. The highest BCUT2D eigenvalue weighted by Crippen LogP contribution is 2.29. The van der Waals surface area contributed by atoms with Crippen molar-refractivity contribution >= 4 is 28.2 Å². The Kier molecular flexibility index (Phi) is 6.39. The molecule has 2 aliphatic rings. The lowest BCUT2D eigenvalue weighted by atomic mass is 9.99. The summed E-state index contributed by atoms with van der Waals surface area (Å²) in [5, 5.41) is 13.8. The van der Waals surface area contributed by atoms with Crippen molar-refractivity contribution in [2.45, 2.75) is 26.3 Å². The van der Waals surface area contributed by atoms with Gasteiger partial charge in [-0.05, 0) is 61.2 Å². The van der Waals surface area contributed by atoms with Crippen LogP contribution in [0, 0.1) is 12.8 Å². The Bertz CT molecular complexity index is 1200. The molecule has 2 aromatic carbocycles. The molecule has 0 saturated carbocycles. The van der Waals surface area contributed by atoms with E-state index in [1.165, 1.54) is 0 Å². The number of nitrogens with zero attached hydrogens (tertiary/aromatic N) is 3. The molecule has 0 radical (unpaired) electrons. The van der Waals surface area contributed by atoms with Crippen molar-refractivity contribution in [3.63, 3.8) is 0 Å². The van der Waals surface area contributed by atoms with Crippen molar-refractivity contribution in [3.05, 3.63) is 59.2 Å². The summed E-state index contributed by atoms with van der Waals surface area (Å²) in [6.45, 7) is 7.59. The lowest BCUT2D eigenvalue weighted by Gasteiger charge is -2.39. The van der Waals surface area contributed by atoms with Gasteiger partial charge >= 0.3 is 0 Å². The van der Waals surface area contributed by atoms with Crippen molar-refractivity contribution < 1.29 is 14.6 Å². The molecule has 34 heavy (non-hydrogen) atoms. The molecule has 2 N–H and O–H groups in total. The second-order valence-electron chi connectivity index (χ2n) is 9.54. The molecule has 2 aliphatic heterocycles. The third kappa shape index (κ3) is 4.72. The molecule has 2 fully saturated rings. The number of nitrogens with one attached hydrogen (secondary N) is 1. The SMILES string of the molecule is COCC1CN(Cc2ccc(N3CCCC3)c(C(=O)Nc3ccc4nc(O)cc(C)c4c3)c2)C1. The summed E-state index contributed by atoms with van der Waals surface area (Å²) in [5.41, 5.74) is 5.21. The number of carbonyl (C=O) groups excluding carboxylic acids is 1. The second-order valence-corrected chi connectivity index (χ2v) is 9.54. The number of anilines is 2. The first-order chi connectivity index (χ1) is 16.5. The topological polar surface area (TPSA) is 77.9 Å². The molecule has 0 bridgehead atoms. The van der Waals surface area contributed by atoms with Crippen LogP contribution in [0.25, 0.3) is 10.9 Å². The summed E-state index contributed by atoms with van der Waals surface area (Å²) in [5.74, 6) is 0.502. The Labute approximate surface area is 200 Å². The van der Waals surface area contributed by atoms with Crippen molar-refractivity contribution in [3.8, 4) is 5.88 Å². The van der Waals surface area contributed by atoms with E-state index in [-0.39, 0.29) is 11.8 Å². The number of hydrogen-bond donors (Lipinski definition) is 2. The number of aromatic hydroxyl groups is 1. The lowest BCUT2D eigenvalue weighted by Crippen LogP contribution is -2.47. The number of fused-ring (bicyclic) bond motifs is 1. The van der Waals surface area contributed by atoms with Crippen LogP contribution in [0.3, 0.4) is 0 Å². The largest absolute Gasteiger partial charge is 0.493 e. The molecule has 1 amide bonds. The maximum absolute atomic E-state index is 13.5. The molecular weight excluding hydrogens is 428 g/mol. The zero-order chi connectivity index (χ0) is 23.7. The van der Waals surface area contributed by atoms with E-state index in [0.29, 0.717) is 17.0 Å². The number of likely N-dealkylation sites (tertiary alicyclic amines) is 1. The molecule has 0 atom stereocenters. The third-order valence-electron chi connectivity index (χ3n) is 6.85. The summed E-state index contributed by atoms with van der Waals surface area (Å²) in [6.07, 6.45) is 2.31. The van der Waals surface area contributed by atoms with Gasteiger partial charge in [-0.15, -0.1) is 0 Å². The molecule has 2 saturated heterocycles. The molecule has 0 aliphatic carbocycles. The van der Waals surface area contributed by atoms with Crippen LogP contribution in [0.5, 0.6) is 5.88 Å². The number of aryl methyl sites for hydroxylation is 1. The molecule has 0 unspecified atom stereocenters. The number of aromatic nitrogens is 1. The first-order valence-corrected chi connectivity index (χ1v) is 12.0. The van der Waals surface area contributed by atoms with Crippen molar-refractivity contribution in [1.82, 2.24) is 9.88 Å². The van der Waals surface area contributed by atoms with Gasteiger partial charge in [0, 0.05) is 68.6 Å². The van der Waals surface area contributed by atoms with Crippen LogP contribution in [-0.4, -0.2) is 60.8 Å². The zero-order valence-electron chi connectivity index (χ0n) is 19.9. The molecule has 3 heterocycles. The van der Waals surface area contributed by atoms with Gasteiger partial charge in [0.1, 0.15) is 0 Å². The zero-order valence-corrected chi connectivity index (χ0v) is 19.9. The monoisotopic (exact) mass is 460 g/mol. The van der Waals surface area contributed by atoms with Crippen LogP contribution >= 0.6 is 0 Å². The van der Waals surface area contributed by atoms with Gasteiger partial charge < -0.3 is 20.1 Å². The average molecular weight is 461 g/mol. The predicted octanol–water partition coefficient (Wildman–Crippen LogP) is 4.18. The number of benzene rings is 2. The fourth-order valence-electron chi connectivity index (χ4n) is 5.16. The first kappa shape index (κ1) is 22.6. The van der Waals surface area contributed by atoms with Crippen LogP contribution < -0.4 is 10.2 Å². The van der Waals surface area contributed by atoms with E-state index in [0.717, 1.165) is 80.1 Å². The standard InChI is InChI=1S/C27H32N4O3/c1-18-11-26(32)29-24-7-6-21(13-22(18)24)28-27(33)23-12-19(14-30-15-20(16-30)17-34-2)5-8-25(23)31-9-3-4-10-31/h5-8,11-13,20H,3-4,9-10,14-17H2,1-2H3,(H,28,33)(H,29,32). The normalized spacial score (nSPS) is 16.7. The fourth-order valence-corrected chi connectivity index (χ4v) is 5.16. The van der Waals surface area contributed by atoms with Crippen LogP contribution in [0.15, 0.2) is 42.5 Å². The molecular formula is C27H32N4O3. The van der Waals surface area contributed by atoms with Gasteiger partial charge in [0.2, 0.25) is 5.88 Å². The number of hydrogen-bond acceptors (Lipinski definition) is 6. The molecule has 178 valence electrons. The summed E-state index contributed by atoms with van der Waals surface area (Å²) < 4.78 is 5.26. The highest BCUT2D eigenvalue weighted by atomic mass is 16.5. The Morgan fingerprint density at radius 3 is 2.71 bits per heavy atom. The maximum atomic E-state index is 13.5. The Balaban J connectivity index is 1.39. The summed E-state index contributed by atoms with van der Waals surface area (Å²) in [6, 6.07) is 13.5. The second kappa shape index (κ2) is 9.60. The summed E-state index contributed by atoms with van der Waals surface area (Å²) >= 11 is 0. The van der Waals surface area contributed by atoms with Crippen molar-refractivity contribution in [2.24, 2.45) is 5.92 Å². The number of carbonyl (C=O) groups is 1. The van der Waals surface area contributed by atoms with Crippen molar-refractivity contribution in [2.75, 3.05) is 50.1 Å². The van der Waals surface area contributed by atoms with Crippen LogP contribution in [0.4, 0.5) is 11.4 Å². The molecule has 3 aromatic rings. The minimum Gasteiger partial charge on any atom is -0.493 e. The van der Waals surface area contributed by atoms with Gasteiger partial charge in [-0.25, -0.2) is 4.98 Å². The predicted molar refractivity (Wildman–Crippen MR) is 135 cm³/mol. The van der Waals surface area contributed by atoms with E-state index in [4.69, 9.17) is 4.74 Å². The molecule has 0 spiro atoms. The number of ether oxygens (including phenoxy) is 1. The van der Waals surface area contributed by atoms with E-state index in [1.54, 1.807) is 13.2 Å². The molecule has 7 nitrogen and oxygen atoms in total. The third-order valence-corrected chi connectivity index (χ3v) is 6.85. The molecule has 1 aromatic heterocycles. The Morgan fingerprint density at radius 1 is 1.15 bits per heavy atom. The number of pyridine rings is 1. The summed E-state index contributed by atoms with van der Waals surface area (Å²) in [4.78, 5) is 22.4. The average Bonchev–Trinajstić information content (AvgIpc) is 3.33. The Hall–Kier alpha value is -3.16. The lowest BCUT2D eigenvalue weighted by molar-refractivity contribution is 0.0293. The molecule has 7 heteroatoms. The highest BCUT2D eigenvalue weighted by Gasteiger charge is 2.27. The van der Waals surface area contributed by atoms with Gasteiger partial charge in [-0.1, -0.05) is 6.07 Å². The summed E-state index contributed by atoms with van der Waals surface area (Å²) in [7, 11) is 1.75. The van der Waals surface area contributed by atoms with E-state index in [1.807, 2.05) is 25.1 Å². The van der Waals surface area contributed by atoms with Gasteiger partial charge in [0.25, 0.3) is 5.91 Å². The van der Waals surface area contributed by atoms with E-state index < -0.39 is 0 Å².